The van der Waals surface area contributed by atoms with Crippen molar-refractivity contribution in [1.29, 1.82) is 0 Å². The lowest BCUT2D eigenvalue weighted by Gasteiger charge is -2.21. The summed E-state index contributed by atoms with van der Waals surface area (Å²) in [5.41, 5.74) is 1.20. The number of nitrogens with zero attached hydrogens (tertiary/aromatic N) is 2. The average Bonchev–Trinajstić information content (AvgIpc) is 3.10. The number of amides is 2. The van der Waals surface area contributed by atoms with Crippen molar-refractivity contribution in [2.75, 3.05) is 26.7 Å². The Kier molecular flexibility index (Phi) is 4.52. The summed E-state index contributed by atoms with van der Waals surface area (Å²) in [6.07, 6.45) is 3.05. The number of likely N-dealkylation sites (N-methyl/N-ethyl adjacent to an activating group) is 1. The minimum atomic E-state index is 0.0330. The van der Waals surface area contributed by atoms with E-state index in [4.69, 9.17) is 0 Å². The normalized spacial score (nSPS) is 23.5. The van der Waals surface area contributed by atoms with Crippen LogP contribution >= 0.6 is 15.9 Å². The zero-order chi connectivity index (χ0) is 15.7. The van der Waals surface area contributed by atoms with Gasteiger partial charge in [-0.3, -0.25) is 9.59 Å². The van der Waals surface area contributed by atoms with Crippen LogP contribution in [0.15, 0.2) is 28.7 Å². The summed E-state index contributed by atoms with van der Waals surface area (Å²) in [6, 6.07) is 8.13. The minimum Gasteiger partial charge on any atom is -0.341 e. The molecular weight excluding hydrogens is 344 g/mol. The summed E-state index contributed by atoms with van der Waals surface area (Å²) in [6.45, 7) is 1.89. The lowest BCUT2D eigenvalue weighted by molar-refractivity contribution is -0.139. The molecule has 0 radical (unpaired) electrons. The number of hydrogen-bond donors (Lipinski definition) is 0. The molecule has 22 heavy (non-hydrogen) atoms. The molecule has 0 unspecified atom stereocenters. The molecule has 1 aliphatic carbocycles. The Bertz CT molecular complexity index is 584. The molecular formula is C17H21BrN2O2. The molecule has 3 rings (SSSR count). The second-order valence-electron chi connectivity index (χ2n) is 6.29. The fraction of sp³-hybridized carbons (Fsp3) is 0.529. The van der Waals surface area contributed by atoms with Gasteiger partial charge in [0.1, 0.15) is 0 Å². The van der Waals surface area contributed by atoms with Crippen LogP contribution in [0.5, 0.6) is 0 Å². The first-order chi connectivity index (χ1) is 10.6. The van der Waals surface area contributed by atoms with Gasteiger partial charge in [-0.15, -0.1) is 0 Å². The topological polar surface area (TPSA) is 40.6 Å². The van der Waals surface area contributed by atoms with Crippen molar-refractivity contribution < 1.29 is 9.59 Å². The van der Waals surface area contributed by atoms with E-state index in [9.17, 15) is 9.59 Å². The predicted molar refractivity (Wildman–Crippen MR) is 88.4 cm³/mol. The molecule has 2 amide bonds. The molecule has 2 aliphatic rings. The number of halogens is 1. The van der Waals surface area contributed by atoms with Crippen LogP contribution in [0.4, 0.5) is 0 Å². The number of carbonyl (C=O) groups excluding carboxylic acids is 2. The van der Waals surface area contributed by atoms with E-state index in [1.165, 1.54) is 5.56 Å². The molecule has 0 N–H and O–H groups in total. The third kappa shape index (κ3) is 3.35. The average molecular weight is 365 g/mol. The molecule has 4 nitrogen and oxygen atoms in total. The Balaban J connectivity index is 1.55. The number of likely N-dealkylation sites (tertiary alicyclic amines) is 1. The van der Waals surface area contributed by atoms with Gasteiger partial charge in [-0.05, 0) is 42.9 Å². The third-order valence-corrected chi connectivity index (χ3v) is 5.09. The maximum absolute atomic E-state index is 12.5. The Morgan fingerprint density at radius 1 is 1.32 bits per heavy atom. The van der Waals surface area contributed by atoms with Gasteiger partial charge in [0.05, 0.1) is 6.54 Å². The SMILES string of the molecule is CN(CC(=O)N1CCCC1)C(=O)[C@@H]1C[C@H]1c1cccc(Br)c1. The highest BCUT2D eigenvalue weighted by molar-refractivity contribution is 9.10. The van der Waals surface area contributed by atoms with Gasteiger partial charge in [-0.25, -0.2) is 0 Å². The molecule has 0 spiro atoms. The van der Waals surface area contributed by atoms with Crippen LogP contribution in [-0.4, -0.2) is 48.3 Å². The van der Waals surface area contributed by atoms with Crippen molar-refractivity contribution in [2.45, 2.75) is 25.2 Å². The second-order valence-corrected chi connectivity index (χ2v) is 7.20. The summed E-state index contributed by atoms with van der Waals surface area (Å²) in [5, 5.41) is 0. The van der Waals surface area contributed by atoms with Gasteiger partial charge in [0, 0.05) is 30.5 Å². The van der Waals surface area contributed by atoms with Crippen LogP contribution in [0.25, 0.3) is 0 Å². The Morgan fingerprint density at radius 2 is 2.05 bits per heavy atom. The van der Waals surface area contributed by atoms with E-state index in [1.54, 1.807) is 11.9 Å². The summed E-state index contributed by atoms with van der Waals surface area (Å²) in [7, 11) is 1.74. The van der Waals surface area contributed by atoms with Crippen LogP contribution in [0.1, 0.15) is 30.7 Å². The van der Waals surface area contributed by atoms with Crippen molar-refractivity contribution in [3.8, 4) is 0 Å². The molecule has 1 aromatic rings. The standard InChI is InChI=1S/C17H21BrN2O2/c1-19(11-16(21)20-7-2-3-8-20)17(22)15-10-14(15)12-5-4-6-13(18)9-12/h4-6,9,14-15H,2-3,7-8,10-11H2,1H3/t14-,15+/m0/s1. The maximum atomic E-state index is 12.5. The fourth-order valence-electron chi connectivity index (χ4n) is 3.20. The highest BCUT2D eigenvalue weighted by atomic mass is 79.9. The van der Waals surface area contributed by atoms with E-state index < -0.39 is 0 Å². The van der Waals surface area contributed by atoms with Crippen molar-refractivity contribution in [3.05, 3.63) is 34.3 Å². The first-order valence-electron chi connectivity index (χ1n) is 7.84. The summed E-state index contributed by atoms with van der Waals surface area (Å²) < 4.78 is 1.04. The van der Waals surface area contributed by atoms with E-state index in [0.717, 1.165) is 36.8 Å². The molecule has 1 saturated heterocycles. The van der Waals surface area contributed by atoms with Crippen LogP contribution in [-0.2, 0) is 9.59 Å². The van der Waals surface area contributed by atoms with Gasteiger partial charge in [-0.2, -0.15) is 0 Å². The van der Waals surface area contributed by atoms with Crippen LogP contribution < -0.4 is 0 Å². The van der Waals surface area contributed by atoms with E-state index in [-0.39, 0.29) is 24.3 Å². The second kappa shape index (κ2) is 6.41. The summed E-state index contributed by atoms with van der Waals surface area (Å²) in [4.78, 5) is 28.1. The van der Waals surface area contributed by atoms with E-state index in [1.807, 2.05) is 17.0 Å². The number of benzene rings is 1. The van der Waals surface area contributed by atoms with Crippen molar-refractivity contribution in [2.24, 2.45) is 5.92 Å². The molecule has 1 aliphatic heterocycles. The van der Waals surface area contributed by atoms with Crippen molar-refractivity contribution in [3.63, 3.8) is 0 Å². The number of rotatable bonds is 4. The van der Waals surface area contributed by atoms with Gasteiger partial charge in [0.15, 0.2) is 0 Å². The lowest BCUT2D eigenvalue weighted by Crippen LogP contribution is -2.40. The molecule has 2 atom stereocenters. The van der Waals surface area contributed by atoms with Crippen LogP contribution in [0, 0.1) is 5.92 Å². The zero-order valence-corrected chi connectivity index (χ0v) is 14.4. The lowest BCUT2D eigenvalue weighted by atomic mass is 10.1. The first-order valence-corrected chi connectivity index (χ1v) is 8.64. The maximum Gasteiger partial charge on any atom is 0.242 e. The molecule has 0 aromatic heterocycles. The van der Waals surface area contributed by atoms with Crippen molar-refractivity contribution >= 4 is 27.7 Å². The predicted octanol–water partition coefficient (Wildman–Crippen LogP) is 2.63. The van der Waals surface area contributed by atoms with E-state index >= 15 is 0 Å². The first kappa shape index (κ1) is 15.5. The quantitative estimate of drug-likeness (QED) is 0.823. The summed E-state index contributed by atoms with van der Waals surface area (Å²) >= 11 is 3.47. The van der Waals surface area contributed by atoms with Crippen LogP contribution in [0.3, 0.4) is 0 Å². The summed E-state index contributed by atoms with van der Waals surface area (Å²) in [5.74, 6) is 0.505. The van der Waals surface area contributed by atoms with E-state index in [2.05, 4.69) is 28.1 Å². The fourth-order valence-corrected chi connectivity index (χ4v) is 3.62. The third-order valence-electron chi connectivity index (χ3n) is 4.59. The Labute approximate surface area is 139 Å². The largest absolute Gasteiger partial charge is 0.341 e. The highest BCUT2D eigenvalue weighted by Gasteiger charge is 2.45. The Morgan fingerprint density at radius 3 is 2.73 bits per heavy atom. The minimum absolute atomic E-state index is 0.0330. The van der Waals surface area contributed by atoms with Gasteiger partial charge in [0.25, 0.3) is 0 Å². The number of carbonyl (C=O) groups is 2. The van der Waals surface area contributed by atoms with Gasteiger partial charge >= 0.3 is 0 Å². The van der Waals surface area contributed by atoms with Crippen LogP contribution in [0.2, 0.25) is 0 Å². The zero-order valence-electron chi connectivity index (χ0n) is 12.8. The van der Waals surface area contributed by atoms with Gasteiger partial charge in [0.2, 0.25) is 11.8 Å². The highest BCUT2D eigenvalue weighted by Crippen LogP contribution is 2.48. The smallest absolute Gasteiger partial charge is 0.242 e. The molecule has 1 heterocycles. The van der Waals surface area contributed by atoms with Crippen molar-refractivity contribution in [1.82, 2.24) is 9.80 Å². The number of hydrogen-bond acceptors (Lipinski definition) is 2. The molecule has 0 bridgehead atoms. The van der Waals surface area contributed by atoms with Gasteiger partial charge in [-0.1, -0.05) is 28.1 Å². The molecule has 118 valence electrons. The monoisotopic (exact) mass is 364 g/mol. The molecule has 1 saturated carbocycles. The molecule has 5 heteroatoms. The van der Waals surface area contributed by atoms with E-state index in [0.29, 0.717) is 5.92 Å². The molecule has 1 aromatic carbocycles. The Hall–Kier alpha value is -1.36. The van der Waals surface area contributed by atoms with Gasteiger partial charge < -0.3 is 9.80 Å². The molecule has 2 fully saturated rings.